The van der Waals surface area contributed by atoms with Gasteiger partial charge in [-0.25, -0.2) is 0 Å². The van der Waals surface area contributed by atoms with E-state index in [0.717, 1.165) is 27.2 Å². The minimum Gasteiger partial charge on any atom is -0.497 e. The zero-order chi connectivity index (χ0) is 21.0. The van der Waals surface area contributed by atoms with Crippen LogP contribution in [0.5, 0.6) is 5.75 Å². The second-order valence-corrected chi connectivity index (χ2v) is 8.99. The molecule has 0 amide bonds. The summed E-state index contributed by atoms with van der Waals surface area (Å²) in [6, 6.07) is 14.2. The lowest BCUT2D eigenvalue weighted by Gasteiger charge is -2.44. The monoisotopic (exact) mass is 480 g/mol. The third-order valence-electron chi connectivity index (χ3n) is 6.30. The number of hydrogen-bond acceptors (Lipinski definition) is 3. The van der Waals surface area contributed by atoms with Crippen molar-refractivity contribution in [3.8, 4) is 5.75 Å². The zero-order valence-corrected chi connectivity index (χ0v) is 19.9. The molecule has 0 aliphatic carbocycles. The maximum Gasteiger partial charge on any atom is 0.118 e. The Hall–Kier alpha value is -1.07. The maximum absolute atomic E-state index is 6.58. The summed E-state index contributed by atoms with van der Waals surface area (Å²) in [6.45, 7) is 8.02. The van der Waals surface area contributed by atoms with Gasteiger partial charge < -0.3 is 14.2 Å². The van der Waals surface area contributed by atoms with E-state index in [2.05, 4.69) is 48.8 Å². The molecule has 3 nitrogen and oxygen atoms in total. The Morgan fingerprint density at radius 2 is 1.72 bits per heavy atom. The third-order valence-corrected chi connectivity index (χ3v) is 7.27. The number of hydrogen-bond donors (Lipinski definition) is 0. The minimum absolute atomic E-state index is 0.0471. The summed E-state index contributed by atoms with van der Waals surface area (Å²) in [7, 11) is 1.67. The summed E-state index contributed by atoms with van der Waals surface area (Å²) in [5.74, 6) is 2.24. The second kappa shape index (κ2) is 10.3. The van der Waals surface area contributed by atoms with Gasteiger partial charge in [0, 0.05) is 10.4 Å². The second-order valence-electron chi connectivity index (χ2n) is 8.02. The van der Waals surface area contributed by atoms with E-state index >= 15 is 0 Å². The summed E-state index contributed by atoms with van der Waals surface area (Å²) in [5.41, 5.74) is 3.42. The molecule has 29 heavy (non-hydrogen) atoms. The summed E-state index contributed by atoms with van der Waals surface area (Å²) in [4.78, 5) is 0. The van der Waals surface area contributed by atoms with Crippen LogP contribution in [0.15, 0.2) is 42.5 Å². The molecular weight excluding hydrogens is 452 g/mol. The first-order valence-corrected chi connectivity index (χ1v) is 11.6. The fourth-order valence-corrected chi connectivity index (χ4v) is 4.80. The molecule has 1 fully saturated rings. The van der Waals surface area contributed by atoms with Gasteiger partial charge in [-0.15, -0.1) is 0 Å². The van der Waals surface area contributed by atoms with Crippen LogP contribution in [0.25, 0.3) is 0 Å². The standard InChI is InChI=1S/C24H30BrClO3/c1-15-16(2)23(14-28-13-18-5-8-21(27-4)9-6-18)29-24(17(15)3)19-7-10-22(26)20(11-19)12-25/h5-11,15-17,23-24H,12-14H2,1-4H3/t15-,16-,17?,23?,24+/m0/s1. The highest BCUT2D eigenvalue weighted by Crippen LogP contribution is 2.43. The maximum atomic E-state index is 6.58. The van der Waals surface area contributed by atoms with Gasteiger partial charge in [0.1, 0.15) is 5.75 Å². The van der Waals surface area contributed by atoms with Gasteiger partial charge in [-0.3, -0.25) is 0 Å². The molecular formula is C24H30BrClO3. The molecule has 2 unspecified atom stereocenters. The van der Waals surface area contributed by atoms with Gasteiger partial charge in [0.15, 0.2) is 0 Å². The first-order chi connectivity index (χ1) is 13.9. The zero-order valence-electron chi connectivity index (χ0n) is 17.5. The summed E-state index contributed by atoms with van der Waals surface area (Å²) < 4.78 is 17.8. The van der Waals surface area contributed by atoms with Gasteiger partial charge in [0.05, 0.1) is 32.5 Å². The number of ether oxygens (including phenoxy) is 3. The molecule has 1 aliphatic heterocycles. The number of halogens is 2. The highest BCUT2D eigenvalue weighted by Gasteiger charge is 2.39. The molecule has 0 N–H and O–H groups in total. The molecule has 0 aromatic heterocycles. The lowest BCUT2D eigenvalue weighted by molar-refractivity contribution is -0.159. The molecule has 0 spiro atoms. The van der Waals surface area contributed by atoms with E-state index in [1.54, 1.807) is 7.11 Å². The van der Waals surface area contributed by atoms with Crippen molar-refractivity contribution in [2.24, 2.45) is 17.8 Å². The lowest BCUT2D eigenvalue weighted by Crippen LogP contribution is -2.42. The molecule has 0 radical (unpaired) electrons. The van der Waals surface area contributed by atoms with E-state index in [0.29, 0.717) is 31.0 Å². The van der Waals surface area contributed by atoms with Crippen LogP contribution in [-0.2, 0) is 21.4 Å². The average Bonchev–Trinajstić information content (AvgIpc) is 2.74. The fraction of sp³-hybridized carbons (Fsp3) is 0.500. The molecule has 2 aromatic carbocycles. The first kappa shape index (κ1) is 22.6. The van der Waals surface area contributed by atoms with Crippen LogP contribution in [0, 0.1) is 17.8 Å². The Labute approximate surface area is 187 Å². The quantitative estimate of drug-likeness (QED) is 0.407. The Kier molecular flexibility index (Phi) is 8.03. The van der Waals surface area contributed by atoms with E-state index in [1.165, 1.54) is 5.56 Å². The third kappa shape index (κ3) is 5.35. The highest BCUT2D eigenvalue weighted by atomic mass is 79.9. The molecule has 1 aliphatic rings. The first-order valence-electron chi connectivity index (χ1n) is 10.1. The van der Waals surface area contributed by atoms with Crippen molar-refractivity contribution in [2.75, 3.05) is 13.7 Å². The van der Waals surface area contributed by atoms with Crippen molar-refractivity contribution < 1.29 is 14.2 Å². The SMILES string of the molecule is COc1ccc(COCC2O[C@@H](c3ccc(Cl)c(CBr)c3)C(C)[C@@H](C)[C@@H]2C)cc1. The molecule has 0 saturated carbocycles. The molecule has 3 rings (SSSR count). The Morgan fingerprint density at radius 3 is 2.38 bits per heavy atom. The number of rotatable bonds is 7. The summed E-state index contributed by atoms with van der Waals surface area (Å²) >= 11 is 9.83. The van der Waals surface area contributed by atoms with Crippen LogP contribution in [-0.4, -0.2) is 19.8 Å². The van der Waals surface area contributed by atoms with Crippen LogP contribution in [0.4, 0.5) is 0 Å². The number of benzene rings is 2. The van der Waals surface area contributed by atoms with Crippen LogP contribution in [0.2, 0.25) is 5.02 Å². The van der Waals surface area contributed by atoms with Gasteiger partial charge in [0.25, 0.3) is 0 Å². The van der Waals surface area contributed by atoms with Crippen molar-refractivity contribution in [2.45, 2.75) is 44.9 Å². The van der Waals surface area contributed by atoms with E-state index in [1.807, 2.05) is 30.3 Å². The molecule has 5 atom stereocenters. The van der Waals surface area contributed by atoms with Crippen LogP contribution in [0.1, 0.15) is 43.6 Å². The van der Waals surface area contributed by atoms with E-state index in [9.17, 15) is 0 Å². The Balaban J connectivity index is 1.66. The van der Waals surface area contributed by atoms with Gasteiger partial charge in [-0.05, 0) is 52.6 Å². The van der Waals surface area contributed by atoms with Gasteiger partial charge in [0.2, 0.25) is 0 Å². The Bertz CT molecular complexity index is 795. The van der Waals surface area contributed by atoms with Gasteiger partial charge in [-0.1, -0.05) is 72.6 Å². The molecule has 1 heterocycles. The van der Waals surface area contributed by atoms with Crippen molar-refractivity contribution in [3.63, 3.8) is 0 Å². The molecule has 2 aromatic rings. The summed E-state index contributed by atoms with van der Waals surface area (Å²) in [5, 5.41) is 1.52. The normalized spacial score (nSPS) is 27.0. The van der Waals surface area contributed by atoms with Crippen LogP contribution >= 0.6 is 27.5 Å². The topological polar surface area (TPSA) is 27.7 Å². The summed E-state index contributed by atoms with van der Waals surface area (Å²) in [6.07, 6.45) is 0.110. The fourth-order valence-electron chi connectivity index (χ4n) is 3.99. The van der Waals surface area contributed by atoms with E-state index in [-0.39, 0.29) is 12.2 Å². The molecule has 1 saturated heterocycles. The molecule has 0 bridgehead atoms. The van der Waals surface area contributed by atoms with Gasteiger partial charge in [-0.2, -0.15) is 0 Å². The van der Waals surface area contributed by atoms with Crippen molar-refractivity contribution in [1.82, 2.24) is 0 Å². The van der Waals surface area contributed by atoms with Crippen molar-refractivity contribution >= 4 is 27.5 Å². The van der Waals surface area contributed by atoms with Crippen LogP contribution in [0.3, 0.4) is 0 Å². The van der Waals surface area contributed by atoms with Crippen molar-refractivity contribution in [1.29, 1.82) is 0 Å². The lowest BCUT2D eigenvalue weighted by atomic mass is 9.75. The smallest absolute Gasteiger partial charge is 0.118 e. The minimum atomic E-state index is 0.0471. The van der Waals surface area contributed by atoms with Gasteiger partial charge >= 0.3 is 0 Å². The van der Waals surface area contributed by atoms with E-state index in [4.69, 9.17) is 25.8 Å². The average molecular weight is 482 g/mol. The molecule has 158 valence electrons. The number of alkyl halides is 1. The Morgan fingerprint density at radius 1 is 1.00 bits per heavy atom. The predicted molar refractivity (Wildman–Crippen MR) is 122 cm³/mol. The van der Waals surface area contributed by atoms with E-state index < -0.39 is 0 Å². The number of methoxy groups -OCH3 is 1. The predicted octanol–water partition coefficient (Wildman–Crippen LogP) is 6.81. The van der Waals surface area contributed by atoms with Crippen molar-refractivity contribution in [3.05, 3.63) is 64.2 Å². The molecule has 5 heteroatoms. The van der Waals surface area contributed by atoms with Crippen LogP contribution < -0.4 is 4.74 Å². The highest BCUT2D eigenvalue weighted by molar-refractivity contribution is 9.08. The largest absolute Gasteiger partial charge is 0.497 e.